The number of hydrogen-bond donors (Lipinski definition) is 0. The van der Waals surface area contributed by atoms with Crippen molar-refractivity contribution in [1.29, 1.82) is 0 Å². The maximum atomic E-state index is 11.9. The first kappa shape index (κ1) is 18.5. The van der Waals surface area contributed by atoms with Crippen molar-refractivity contribution in [2.45, 2.75) is 65.4 Å². The summed E-state index contributed by atoms with van der Waals surface area (Å²) in [5.41, 5.74) is 0.193. The summed E-state index contributed by atoms with van der Waals surface area (Å²) in [5.74, 6) is 0.0177. The van der Waals surface area contributed by atoms with Crippen LogP contribution in [-0.4, -0.2) is 53.4 Å². The van der Waals surface area contributed by atoms with E-state index in [9.17, 15) is 9.59 Å². The Bertz CT molecular complexity index is 427. The number of amides is 2. The summed E-state index contributed by atoms with van der Waals surface area (Å²) in [7, 11) is 1.66. The maximum absolute atomic E-state index is 11.9. The average Bonchev–Trinajstić information content (AvgIpc) is 2.73. The van der Waals surface area contributed by atoms with Crippen molar-refractivity contribution < 1.29 is 14.3 Å². The minimum absolute atomic E-state index is 0.0177. The lowest BCUT2D eigenvalue weighted by atomic mass is 10.2. The van der Waals surface area contributed by atoms with Crippen molar-refractivity contribution in [3.63, 3.8) is 0 Å². The van der Waals surface area contributed by atoms with Crippen LogP contribution in [0, 0.1) is 0 Å². The monoisotopic (exact) mass is 311 g/mol. The second-order valence-corrected chi connectivity index (χ2v) is 6.76. The van der Waals surface area contributed by atoms with Crippen LogP contribution in [0.25, 0.3) is 0 Å². The number of rotatable bonds is 7. The smallest absolute Gasteiger partial charge is 0.410 e. The zero-order valence-electron chi connectivity index (χ0n) is 14.5. The first-order valence-electron chi connectivity index (χ1n) is 8.03. The maximum Gasteiger partial charge on any atom is 0.410 e. The van der Waals surface area contributed by atoms with Gasteiger partial charge in [-0.2, -0.15) is 5.10 Å². The summed E-state index contributed by atoms with van der Waals surface area (Å²) < 4.78 is 5.29. The van der Waals surface area contributed by atoms with Gasteiger partial charge in [0.05, 0.1) is 18.7 Å². The molecular weight excluding hydrogens is 282 g/mol. The fourth-order valence-corrected chi connectivity index (χ4v) is 2.16. The average molecular weight is 311 g/mol. The lowest BCUT2D eigenvalue weighted by Crippen LogP contribution is -2.37. The van der Waals surface area contributed by atoms with E-state index in [2.05, 4.69) is 12.0 Å². The van der Waals surface area contributed by atoms with Crippen LogP contribution in [-0.2, 0) is 9.53 Å². The number of carbonyl (C=O) groups excluding carboxylic acids is 2. The van der Waals surface area contributed by atoms with Crippen molar-refractivity contribution >= 4 is 17.7 Å². The Hall–Kier alpha value is -1.59. The highest BCUT2D eigenvalue weighted by Crippen LogP contribution is 2.13. The van der Waals surface area contributed by atoms with Gasteiger partial charge in [-0.05, 0) is 27.2 Å². The molecule has 0 N–H and O–H groups in total. The number of carbonyl (C=O) groups is 2. The molecule has 0 spiro atoms. The highest BCUT2D eigenvalue weighted by molar-refractivity contribution is 6.06. The number of hydrogen-bond acceptors (Lipinski definition) is 4. The number of nitrogens with zero attached hydrogens (tertiary/aromatic N) is 3. The summed E-state index contributed by atoms with van der Waals surface area (Å²) >= 11 is 0. The summed E-state index contributed by atoms with van der Waals surface area (Å²) in [4.78, 5) is 25.3. The molecule has 0 saturated carbocycles. The van der Waals surface area contributed by atoms with Gasteiger partial charge in [-0.1, -0.05) is 26.2 Å². The van der Waals surface area contributed by atoms with Crippen LogP contribution in [0.5, 0.6) is 0 Å². The van der Waals surface area contributed by atoms with Crippen molar-refractivity contribution in [1.82, 2.24) is 9.91 Å². The molecule has 1 rings (SSSR count). The molecule has 0 atom stereocenters. The van der Waals surface area contributed by atoms with Crippen LogP contribution < -0.4 is 0 Å². The minimum atomic E-state index is -0.524. The molecule has 0 unspecified atom stereocenters. The Labute approximate surface area is 133 Å². The van der Waals surface area contributed by atoms with E-state index >= 15 is 0 Å². The van der Waals surface area contributed by atoms with E-state index in [-0.39, 0.29) is 5.91 Å². The Morgan fingerprint density at radius 2 is 2.00 bits per heavy atom. The molecule has 2 amide bonds. The Balaban J connectivity index is 2.45. The highest BCUT2D eigenvalue weighted by atomic mass is 16.6. The largest absolute Gasteiger partial charge is 0.444 e. The molecule has 1 aliphatic heterocycles. The van der Waals surface area contributed by atoms with Crippen LogP contribution in [0.3, 0.4) is 0 Å². The van der Waals surface area contributed by atoms with E-state index in [4.69, 9.17) is 4.74 Å². The van der Waals surface area contributed by atoms with E-state index in [1.807, 2.05) is 20.8 Å². The molecule has 22 heavy (non-hydrogen) atoms. The predicted octanol–water partition coefficient (Wildman–Crippen LogP) is 3.02. The molecule has 1 aliphatic rings. The van der Waals surface area contributed by atoms with Gasteiger partial charge in [0.1, 0.15) is 5.60 Å². The van der Waals surface area contributed by atoms with E-state index in [0.717, 1.165) is 12.8 Å². The molecule has 1 heterocycles. The molecule has 0 aromatic carbocycles. The van der Waals surface area contributed by atoms with Crippen molar-refractivity contribution in [2.24, 2.45) is 5.10 Å². The molecule has 126 valence electrons. The Morgan fingerprint density at radius 1 is 1.32 bits per heavy atom. The zero-order valence-corrected chi connectivity index (χ0v) is 14.5. The predicted molar refractivity (Wildman–Crippen MR) is 86.8 cm³/mol. The molecule has 0 aromatic heterocycles. The van der Waals surface area contributed by atoms with Crippen molar-refractivity contribution in [3.8, 4) is 0 Å². The second-order valence-electron chi connectivity index (χ2n) is 6.76. The molecule has 0 aromatic rings. The van der Waals surface area contributed by atoms with Gasteiger partial charge in [0.25, 0.3) is 0 Å². The molecule has 0 aliphatic carbocycles. The van der Waals surface area contributed by atoms with Gasteiger partial charge in [-0.3, -0.25) is 4.79 Å². The normalized spacial score (nSPS) is 15.0. The lowest BCUT2D eigenvalue weighted by molar-refractivity contribution is -0.128. The first-order chi connectivity index (χ1) is 10.2. The van der Waals surface area contributed by atoms with E-state index in [1.165, 1.54) is 22.8 Å². The number of ether oxygens (including phenoxy) is 1. The van der Waals surface area contributed by atoms with Crippen molar-refractivity contribution in [2.75, 3.05) is 20.1 Å². The summed E-state index contributed by atoms with van der Waals surface area (Å²) in [6, 6.07) is 0. The van der Waals surface area contributed by atoms with Gasteiger partial charge in [-0.25, -0.2) is 9.80 Å². The van der Waals surface area contributed by atoms with Gasteiger partial charge in [0, 0.05) is 13.6 Å². The quantitative estimate of drug-likeness (QED) is 0.679. The summed E-state index contributed by atoms with van der Waals surface area (Å²) in [6.07, 6.45) is 4.33. The molecule has 6 heteroatoms. The third-order valence-corrected chi connectivity index (χ3v) is 3.25. The number of hydrazone groups is 1. The molecule has 6 nitrogen and oxygen atoms in total. The van der Waals surface area contributed by atoms with Gasteiger partial charge < -0.3 is 9.64 Å². The van der Waals surface area contributed by atoms with Crippen LogP contribution in [0.15, 0.2) is 5.10 Å². The molecular formula is C16H29N3O3. The van der Waals surface area contributed by atoms with Gasteiger partial charge in [0.15, 0.2) is 0 Å². The zero-order chi connectivity index (χ0) is 16.8. The van der Waals surface area contributed by atoms with Crippen LogP contribution in [0.1, 0.15) is 59.8 Å². The minimum Gasteiger partial charge on any atom is -0.444 e. The van der Waals surface area contributed by atoms with Gasteiger partial charge >= 0.3 is 6.09 Å². The van der Waals surface area contributed by atoms with Gasteiger partial charge in [-0.15, -0.1) is 0 Å². The third kappa shape index (κ3) is 6.45. The Kier molecular flexibility index (Phi) is 6.84. The fraction of sp³-hybridized carbons (Fsp3) is 0.812. The second kappa shape index (κ2) is 8.15. The van der Waals surface area contributed by atoms with Gasteiger partial charge in [0.2, 0.25) is 5.91 Å². The first-order valence-corrected chi connectivity index (χ1v) is 8.03. The van der Waals surface area contributed by atoms with E-state index in [1.54, 1.807) is 7.05 Å². The van der Waals surface area contributed by atoms with Crippen molar-refractivity contribution in [3.05, 3.63) is 0 Å². The third-order valence-electron chi connectivity index (χ3n) is 3.25. The van der Waals surface area contributed by atoms with Crippen LogP contribution >= 0.6 is 0 Å². The molecule has 0 radical (unpaired) electrons. The number of unbranched alkanes of at least 4 members (excludes halogenated alkanes) is 3. The lowest BCUT2D eigenvalue weighted by Gasteiger charge is -2.24. The summed E-state index contributed by atoms with van der Waals surface area (Å²) in [6.45, 7) is 8.63. The fourth-order valence-electron chi connectivity index (χ4n) is 2.16. The Morgan fingerprint density at radius 3 is 2.59 bits per heavy atom. The molecule has 0 saturated heterocycles. The highest BCUT2D eigenvalue weighted by Gasteiger charge is 2.26. The SMILES string of the molecule is CCCCCCN1N=C(CN(C)C(=O)OC(C)(C)C)CC1=O. The van der Waals surface area contributed by atoms with Crippen LogP contribution in [0.2, 0.25) is 0 Å². The van der Waals surface area contributed by atoms with E-state index in [0.29, 0.717) is 25.2 Å². The molecule has 0 fully saturated rings. The molecule has 0 bridgehead atoms. The summed E-state index contributed by atoms with van der Waals surface area (Å²) in [5, 5.41) is 5.87. The van der Waals surface area contributed by atoms with E-state index < -0.39 is 11.7 Å². The topological polar surface area (TPSA) is 62.2 Å². The van der Waals surface area contributed by atoms with Crippen LogP contribution in [0.4, 0.5) is 4.79 Å². The standard InChI is InChI=1S/C16H29N3O3/c1-6-7-8-9-10-19-14(20)11-13(17-19)12-18(5)15(21)22-16(2,3)4/h6-12H2,1-5H3.